The molecule has 6 heteroatoms. The third-order valence-electron chi connectivity index (χ3n) is 4.01. The van der Waals surface area contributed by atoms with Crippen LogP contribution in [0.2, 0.25) is 0 Å². The van der Waals surface area contributed by atoms with Crippen LogP contribution >= 0.6 is 0 Å². The Balaban J connectivity index is 1.84. The largest absolute Gasteiger partial charge is 0.351 e. The van der Waals surface area contributed by atoms with E-state index in [9.17, 15) is 9.59 Å². The normalized spacial score (nSPS) is 12.9. The molecule has 4 rings (SSSR count). The van der Waals surface area contributed by atoms with E-state index in [1.165, 1.54) is 12.3 Å². The van der Waals surface area contributed by atoms with Gasteiger partial charge in [0.1, 0.15) is 0 Å². The van der Waals surface area contributed by atoms with Gasteiger partial charge in [-0.2, -0.15) is 0 Å². The van der Waals surface area contributed by atoms with Gasteiger partial charge in [0.05, 0.1) is 11.9 Å². The highest BCUT2D eigenvalue weighted by molar-refractivity contribution is 6.27. The highest BCUT2D eigenvalue weighted by Crippen LogP contribution is 2.40. The van der Waals surface area contributed by atoms with Crippen LogP contribution < -0.4 is 10.2 Å². The number of nitrogens with zero attached hydrogens (tertiary/aromatic N) is 2. The first-order valence-corrected chi connectivity index (χ1v) is 7.30. The third kappa shape index (κ3) is 1.92. The summed E-state index contributed by atoms with van der Waals surface area (Å²) in [6.45, 7) is 2.54. The number of rotatable bonds is 3. The quantitative estimate of drug-likeness (QED) is 0.807. The fourth-order valence-corrected chi connectivity index (χ4v) is 2.99. The van der Waals surface area contributed by atoms with Crippen LogP contribution in [0.25, 0.3) is 10.8 Å². The Bertz CT molecular complexity index is 932. The Hall–Kier alpha value is -3.15. The first-order valence-electron chi connectivity index (χ1n) is 7.30. The van der Waals surface area contributed by atoms with E-state index in [2.05, 4.69) is 10.5 Å². The number of nitrogens with one attached hydrogen (secondary N) is 1. The van der Waals surface area contributed by atoms with Gasteiger partial charge >= 0.3 is 0 Å². The lowest BCUT2D eigenvalue weighted by Gasteiger charge is -2.15. The van der Waals surface area contributed by atoms with E-state index in [4.69, 9.17) is 4.52 Å². The van der Waals surface area contributed by atoms with Gasteiger partial charge in [-0.1, -0.05) is 17.3 Å². The molecule has 1 N–H and O–H groups in total. The van der Waals surface area contributed by atoms with Gasteiger partial charge in [0.2, 0.25) is 5.76 Å². The molecule has 0 aliphatic carbocycles. The molecule has 3 aromatic rings. The number of hydrogen-bond donors (Lipinski definition) is 1. The molecule has 0 atom stereocenters. The van der Waals surface area contributed by atoms with Crippen LogP contribution in [0.15, 0.2) is 47.1 Å². The molecule has 0 spiro atoms. The lowest BCUT2D eigenvalue weighted by molar-refractivity contribution is 0.0983. The van der Waals surface area contributed by atoms with Crippen molar-refractivity contribution in [2.45, 2.75) is 6.92 Å². The molecule has 0 bridgehead atoms. The molecule has 0 radical (unpaired) electrons. The average Bonchev–Trinajstić information content (AvgIpc) is 3.19. The van der Waals surface area contributed by atoms with Crippen molar-refractivity contribution < 1.29 is 14.1 Å². The van der Waals surface area contributed by atoms with Crippen molar-refractivity contribution >= 4 is 34.0 Å². The minimum Gasteiger partial charge on any atom is -0.351 e. The highest BCUT2D eigenvalue weighted by Gasteiger charge is 2.29. The summed E-state index contributed by atoms with van der Waals surface area (Å²) in [5, 5.41) is 8.04. The number of hydrogen-bond acceptors (Lipinski definition) is 4. The van der Waals surface area contributed by atoms with Crippen LogP contribution in [-0.4, -0.2) is 23.5 Å². The number of aromatic nitrogens is 1. The van der Waals surface area contributed by atoms with E-state index < -0.39 is 0 Å². The predicted molar refractivity (Wildman–Crippen MR) is 85.8 cm³/mol. The molecule has 1 aromatic heterocycles. The lowest BCUT2D eigenvalue weighted by atomic mass is 10.0. The van der Waals surface area contributed by atoms with Gasteiger partial charge in [0.15, 0.2) is 0 Å². The maximum Gasteiger partial charge on any atom is 0.294 e. The zero-order valence-corrected chi connectivity index (χ0v) is 12.4. The average molecular weight is 307 g/mol. The van der Waals surface area contributed by atoms with Gasteiger partial charge in [-0.05, 0) is 25.1 Å². The number of amides is 2. The van der Waals surface area contributed by atoms with E-state index in [0.29, 0.717) is 17.8 Å². The maximum atomic E-state index is 12.4. The van der Waals surface area contributed by atoms with Crippen LogP contribution in [0, 0.1) is 0 Å². The monoisotopic (exact) mass is 307 g/mol. The number of anilines is 2. The molecule has 23 heavy (non-hydrogen) atoms. The molecule has 2 amide bonds. The summed E-state index contributed by atoms with van der Waals surface area (Å²) < 4.78 is 4.87. The zero-order valence-electron chi connectivity index (χ0n) is 12.4. The zero-order chi connectivity index (χ0) is 16.0. The van der Waals surface area contributed by atoms with Gasteiger partial charge < -0.3 is 14.7 Å². The molecule has 0 saturated heterocycles. The first-order chi connectivity index (χ1) is 11.2. The molecule has 2 aromatic carbocycles. The maximum absolute atomic E-state index is 12.4. The summed E-state index contributed by atoms with van der Waals surface area (Å²) in [7, 11) is 0. The SMILES string of the molecule is CCN1C(=O)c2cccc3c(NC(=O)c4ccno4)ccc1c23. The molecular formula is C17H13N3O3. The molecule has 1 aliphatic heterocycles. The number of carbonyl (C=O) groups is 2. The fourth-order valence-electron chi connectivity index (χ4n) is 2.99. The Kier molecular flexibility index (Phi) is 2.90. The number of carbonyl (C=O) groups excluding carboxylic acids is 2. The summed E-state index contributed by atoms with van der Waals surface area (Å²) in [6.07, 6.45) is 1.42. The second-order valence-corrected chi connectivity index (χ2v) is 5.24. The Morgan fingerprint density at radius 2 is 2.13 bits per heavy atom. The summed E-state index contributed by atoms with van der Waals surface area (Å²) in [5.74, 6) is -0.244. The van der Waals surface area contributed by atoms with E-state index >= 15 is 0 Å². The first kappa shape index (κ1) is 13.5. The van der Waals surface area contributed by atoms with Gasteiger partial charge in [-0.15, -0.1) is 0 Å². The van der Waals surface area contributed by atoms with E-state index in [1.54, 1.807) is 11.0 Å². The van der Waals surface area contributed by atoms with Gasteiger partial charge in [0, 0.05) is 34.6 Å². The Labute approximate surface area is 131 Å². The summed E-state index contributed by atoms with van der Waals surface area (Å²) in [5.41, 5.74) is 2.17. The van der Waals surface area contributed by atoms with Crippen molar-refractivity contribution in [1.29, 1.82) is 0 Å². The summed E-state index contributed by atoms with van der Waals surface area (Å²) >= 11 is 0. The summed E-state index contributed by atoms with van der Waals surface area (Å²) in [6, 6.07) is 10.7. The second-order valence-electron chi connectivity index (χ2n) is 5.24. The molecule has 114 valence electrons. The summed E-state index contributed by atoms with van der Waals surface area (Å²) in [4.78, 5) is 26.3. The Morgan fingerprint density at radius 3 is 2.87 bits per heavy atom. The molecule has 0 unspecified atom stereocenters. The number of benzene rings is 2. The molecule has 6 nitrogen and oxygen atoms in total. The minimum atomic E-state index is -0.375. The Morgan fingerprint density at radius 1 is 1.26 bits per heavy atom. The van der Waals surface area contributed by atoms with Crippen molar-refractivity contribution in [1.82, 2.24) is 5.16 Å². The lowest BCUT2D eigenvalue weighted by Crippen LogP contribution is -2.25. The highest BCUT2D eigenvalue weighted by atomic mass is 16.5. The van der Waals surface area contributed by atoms with E-state index in [0.717, 1.165) is 16.5 Å². The third-order valence-corrected chi connectivity index (χ3v) is 4.01. The van der Waals surface area contributed by atoms with Gasteiger partial charge in [-0.3, -0.25) is 9.59 Å². The van der Waals surface area contributed by atoms with Crippen molar-refractivity contribution in [2.75, 3.05) is 16.8 Å². The molecular weight excluding hydrogens is 294 g/mol. The van der Waals surface area contributed by atoms with Crippen LogP contribution in [0.1, 0.15) is 27.8 Å². The second kappa shape index (κ2) is 4.95. The molecule has 1 aliphatic rings. The van der Waals surface area contributed by atoms with Crippen LogP contribution in [0.4, 0.5) is 11.4 Å². The minimum absolute atomic E-state index is 0.00758. The topological polar surface area (TPSA) is 75.4 Å². The molecule has 2 heterocycles. The van der Waals surface area contributed by atoms with Crippen molar-refractivity contribution in [3.05, 3.63) is 53.9 Å². The smallest absolute Gasteiger partial charge is 0.294 e. The molecule has 0 saturated carbocycles. The van der Waals surface area contributed by atoms with Crippen molar-refractivity contribution in [2.24, 2.45) is 0 Å². The fraction of sp³-hybridized carbons (Fsp3) is 0.118. The predicted octanol–water partition coefficient (Wildman–Crippen LogP) is 3.06. The van der Waals surface area contributed by atoms with Gasteiger partial charge in [-0.25, -0.2) is 0 Å². The van der Waals surface area contributed by atoms with Crippen LogP contribution in [0.3, 0.4) is 0 Å². The van der Waals surface area contributed by atoms with Crippen LogP contribution in [0.5, 0.6) is 0 Å². The standard InChI is InChI=1S/C17H13N3O3/c1-2-20-13-7-6-12(19-16(21)14-8-9-18-23-14)10-4-3-5-11(15(10)13)17(20)22/h3-9H,2H2,1H3,(H,19,21). The van der Waals surface area contributed by atoms with Gasteiger partial charge in [0.25, 0.3) is 11.8 Å². The van der Waals surface area contributed by atoms with Crippen molar-refractivity contribution in [3.63, 3.8) is 0 Å². The van der Waals surface area contributed by atoms with Crippen molar-refractivity contribution in [3.8, 4) is 0 Å². The molecule has 0 fully saturated rings. The van der Waals surface area contributed by atoms with E-state index in [1.807, 2.05) is 31.2 Å². The van der Waals surface area contributed by atoms with E-state index in [-0.39, 0.29) is 17.6 Å². The van der Waals surface area contributed by atoms with Crippen LogP contribution in [-0.2, 0) is 0 Å².